The minimum Gasteiger partial charge on any atom is -0.348 e. The SMILES string of the molecule is Cc1ccc(Cl)cc1NC(=O)CN1CCn2cccc2[C@H]1c1ccccc1. The van der Waals surface area contributed by atoms with E-state index in [0.29, 0.717) is 11.6 Å². The van der Waals surface area contributed by atoms with E-state index in [0.717, 1.165) is 24.3 Å². The second kappa shape index (κ2) is 7.59. The number of fused-ring (bicyclic) bond motifs is 1. The molecule has 27 heavy (non-hydrogen) atoms. The molecule has 1 aliphatic heterocycles. The van der Waals surface area contributed by atoms with Gasteiger partial charge in [0.15, 0.2) is 0 Å². The Balaban J connectivity index is 1.57. The number of carbonyl (C=O) groups is 1. The molecule has 0 fully saturated rings. The van der Waals surface area contributed by atoms with E-state index in [1.165, 1.54) is 11.3 Å². The molecule has 2 heterocycles. The second-order valence-electron chi connectivity index (χ2n) is 6.92. The van der Waals surface area contributed by atoms with Crippen molar-refractivity contribution in [3.8, 4) is 0 Å². The first-order chi connectivity index (χ1) is 13.1. The summed E-state index contributed by atoms with van der Waals surface area (Å²) < 4.78 is 2.27. The minimum absolute atomic E-state index is 0.0266. The molecular weight excluding hydrogens is 358 g/mol. The number of aromatic nitrogens is 1. The number of anilines is 1. The van der Waals surface area contributed by atoms with Gasteiger partial charge in [0, 0.05) is 35.7 Å². The van der Waals surface area contributed by atoms with Crippen molar-refractivity contribution in [1.82, 2.24) is 9.47 Å². The Kier molecular flexibility index (Phi) is 5.01. The number of hydrogen-bond donors (Lipinski definition) is 1. The molecule has 0 spiro atoms. The van der Waals surface area contributed by atoms with Crippen LogP contribution in [-0.4, -0.2) is 28.5 Å². The molecule has 1 atom stereocenters. The average Bonchev–Trinajstić information content (AvgIpc) is 3.14. The average molecular weight is 380 g/mol. The van der Waals surface area contributed by atoms with E-state index >= 15 is 0 Å². The van der Waals surface area contributed by atoms with Crippen LogP contribution in [0.2, 0.25) is 5.02 Å². The second-order valence-corrected chi connectivity index (χ2v) is 7.35. The molecule has 3 aromatic rings. The molecule has 4 nitrogen and oxygen atoms in total. The highest BCUT2D eigenvalue weighted by atomic mass is 35.5. The third kappa shape index (κ3) is 3.77. The van der Waals surface area contributed by atoms with Crippen LogP contribution in [0.5, 0.6) is 0 Å². The fourth-order valence-corrected chi connectivity index (χ4v) is 3.89. The van der Waals surface area contributed by atoms with Crippen LogP contribution in [0.3, 0.4) is 0 Å². The van der Waals surface area contributed by atoms with Gasteiger partial charge in [-0.1, -0.05) is 48.0 Å². The molecule has 1 amide bonds. The van der Waals surface area contributed by atoms with Crippen LogP contribution >= 0.6 is 11.6 Å². The summed E-state index contributed by atoms with van der Waals surface area (Å²) in [5.74, 6) is -0.0266. The number of benzene rings is 2. The summed E-state index contributed by atoms with van der Waals surface area (Å²) in [4.78, 5) is 15.0. The van der Waals surface area contributed by atoms with E-state index in [-0.39, 0.29) is 11.9 Å². The molecule has 2 aromatic carbocycles. The van der Waals surface area contributed by atoms with E-state index in [1.54, 1.807) is 6.07 Å². The van der Waals surface area contributed by atoms with E-state index < -0.39 is 0 Å². The monoisotopic (exact) mass is 379 g/mol. The number of rotatable bonds is 4. The van der Waals surface area contributed by atoms with Gasteiger partial charge in [0.1, 0.15) is 0 Å². The largest absolute Gasteiger partial charge is 0.348 e. The summed E-state index contributed by atoms with van der Waals surface area (Å²) in [5.41, 5.74) is 4.19. The van der Waals surface area contributed by atoms with Gasteiger partial charge in [-0.25, -0.2) is 0 Å². The molecule has 0 bridgehead atoms. The zero-order valence-corrected chi connectivity index (χ0v) is 16.0. The maximum absolute atomic E-state index is 12.8. The molecule has 1 aliphatic rings. The van der Waals surface area contributed by atoms with Crippen LogP contribution in [0.1, 0.15) is 22.9 Å². The topological polar surface area (TPSA) is 37.3 Å². The van der Waals surface area contributed by atoms with Gasteiger partial charge in [0.05, 0.1) is 12.6 Å². The van der Waals surface area contributed by atoms with Crippen LogP contribution in [0.4, 0.5) is 5.69 Å². The smallest absolute Gasteiger partial charge is 0.238 e. The summed E-state index contributed by atoms with van der Waals surface area (Å²) >= 11 is 6.07. The van der Waals surface area contributed by atoms with Crippen molar-refractivity contribution >= 4 is 23.2 Å². The standard InChI is InChI=1S/C22H22ClN3O/c1-16-9-10-18(23)14-19(16)24-21(27)15-26-13-12-25-11-5-8-20(25)22(26)17-6-3-2-4-7-17/h2-11,14,22H,12-13,15H2,1H3,(H,24,27)/t22-/m1/s1. The van der Waals surface area contributed by atoms with Crippen molar-refractivity contribution < 1.29 is 4.79 Å². The third-order valence-electron chi connectivity index (χ3n) is 5.07. The van der Waals surface area contributed by atoms with Crippen molar-refractivity contribution in [2.75, 3.05) is 18.4 Å². The number of nitrogens with one attached hydrogen (secondary N) is 1. The van der Waals surface area contributed by atoms with E-state index in [1.807, 2.05) is 37.3 Å². The molecule has 0 aliphatic carbocycles. The number of halogens is 1. The van der Waals surface area contributed by atoms with Crippen LogP contribution in [0.25, 0.3) is 0 Å². The van der Waals surface area contributed by atoms with Gasteiger partial charge in [0.25, 0.3) is 0 Å². The quantitative estimate of drug-likeness (QED) is 0.725. The highest BCUT2D eigenvalue weighted by Crippen LogP contribution is 2.32. The molecule has 1 N–H and O–H groups in total. The first-order valence-corrected chi connectivity index (χ1v) is 9.49. The molecule has 5 heteroatoms. The highest BCUT2D eigenvalue weighted by Gasteiger charge is 2.29. The summed E-state index contributed by atoms with van der Waals surface area (Å²) in [6.07, 6.45) is 2.11. The fourth-order valence-electron chi connectivity index (χ4n) is 3.72. The predicted molar refractivity (Wildman–Crippen MR) is 109 cm³/mol. The van der Waals surface area contributed by atoms with Gasteiger partial charge in [-0.3, -0.25) is 9.69 Å². The van der Waals surface area contributed by atoms with E-state index in [4.69, 9.17) is 11.6 Å². The van der Waals surface area contributed by atoms with Gasteiger partial charge in [-0.15, -0.1) is 0 Å². The van der Waals surface area contributed by atoms with Crippen molar-refractivity contribution in [3.05, 3.63) is 88.7 Å². The Hall–Kier alpha value is -2.56. The predicted octanol–water partition coefficient (Wildman–Crippen LogP) is 4.49. The summed E-state index contributed by atoms with van der Waals surface area (Å²) in [5, 5.41) is 3.64. The van der Waals surface area contributed by atoms with Crippen molar-refractivity contribution in [2.24, 2.45) is 0 Å². The summed E-state index contributed by atoms with van der Waals surface area (Å²) in [6, 6.07) is 20.2. The fraction of sp³-hybridized carbons (Fsp3) is 0.227. The molecule has 0 radical (unpaired) electrons. The lowest BCUT2D eigenvalue weighted by Crippen LogP contribution is -2.42. The minimum atomic E-state index is -0.0266. The highest BCUT2D eigenvalue weighted by molar-refractivity contribution is 6.31. The lowest BCUT2D eigenvalue weighted by atomic mass is 10.00. The van der Waals surface area contributed by atoms with Gasteiger partial charge in [-0.05, 0) is 42.3 Å². The van der Waals surface area contributed by atoms with Crippen LogP contribution in [0, 0.1) is 6.92 Å². The van der Waals surface area contributed by atoms with Gasteiger partial charge < -0.3 is 9.88 Å². The lowest BCUT2D eigenvalue weighted by Gasteiger charge is -2.36. The van der Waals surface area contributed by atoms with Crippen molar-refractivity contribution in [1.29, 1.82) is 0 Å². The summed E-state index contributed by atoms with van der Waals surface area (Å²) in [6.45, 7) is 4.00. The Labute approximate surface area is 164 Å². The van der Waals surface area contributed by atoms with E-state index in [9.17, 15) is 4.79 Å². The van der Waals surface area contributed by atoms with Gasteiger partial charge in [-0.2, -0.15) is 0 Å². The van der Waals surface area contributed by atoms with Crippen molar-refractivity contribution in [2.45, 2.75) is 19.5 Å². The molecule has 0 unspecified atom stereocenters. The van der Waals surface area contributed by atoms with Crippen molar-refractivity contribution in [3.63, 3.8) is 0 Å². The Morgan fingerprint density at radius 1 is 1.11 bits per heavy atom. The summed E-state index contributed by atoms with van der Waals surface area (Å²) in [7, 11) is 0. The Morgan fingerprint density at radius 2 is 1.93 bits per heavy atom. The molecule has 138 valence electrons. The zero-order valence-electron chi connectivity index (χ0n) is 15.2. The Bertz CT molecular complexity index is 951. The molecule has 1 aromatic heterocycles. The first kappa shape index (κ1) is 17.8. The normalized spacial score (nSPS) is 16.7. The first-order valence-electron chi connectivity index (χ1n) is 9.12. The lowest BCUT2D eigenvalue weighted by molar-refractivity contribution is -0.117. The zero-order chi connectivity index (χ0) is 18.8. The third-order valence-corrected chi connectivity index (χ3v) is 5.31. The maximum atomic E-state index is 12.8. The molecule has 0 saturated carbocycles. The number of nitrogens with zero attached hydrogens (tertiary/aromatic N) is 2. The van der Waals surface area contributed by atoms with Gasteiger partial charge in [0.2, 0.25) is 5.91 Å². The number of carbonyl (C=O) groups excluding carboxylic acids is 1. The molecule has 4 rings (SSSR count). The number of hydrogen-bond acceptors (Lipinski definition) is 2. The maximum Gasteiger partial charge on any atom is 0.238 e. The van der Waals surface area contributed by atoms with Gasteiger partial charge >= 0.3 is 0 Å². The molecular formula is C22H22ClN3O. The van der Waals surface area contributed by atoms with Crippen LogP contribution in [0.15, 0.2) is 66.9 Å². The van der Waals surface area contributed by atoms with Crippen LogP contribution in [-0.2, 0) is 11.3 Å². The Morgan fingerprint density at radius 3 is 2.74 bits per heavy atom. The van der Waals surface area contributed by atoms with E-state index in [2.05, 4.69) is 45.2 Å². The number of aryl methyl sites for hydroxylation is 1. The molecule has 0 saturated heterocycles. The number of amides is 1. The van der Waals surface area contributed by atoms with Crippen LogP contribution < -0.4 is 5.32 Å².